The number of para-hydroxylation sites is 2. The zero-order chi connectivity index (χ0) is 29.2. The first-order valence-corrected chi connectivity index (χ1v) is 14.5. The predicted molar refractivity (Wildman–Crippen MR) is 180 cm³/mol. The molecule has 0 saturated carbocycles. The molecule has 0 bridgehead atoms. The third kappa shape index (κ3) is 5.04. The lowest BCUT2D eigenvalue weighted by Gasteiger charge is -2.12. The highest BCUT2D eigenvalue weighted by atomic mass is 15.0. The van der Waals surface area contributed by atoms with Crippen LogP contribution in [0.5, 0.6) is 0 Å². The normalized spacial score (nSPS) is 13.1. The highest BCUT2D eigenvalue weighted by molar-refractivity contribution is 6.10. The van der Waals surface area contributed by atoms with Crippen molar-refractivity contribution in [2.45, 2.75) is 12.8 Å². The second-order valence-electron chi connectivity index (χ2n) is 10.6. The summed E-state index contributed by atoms with van der Waals surface area (Å²) in [6, 6.07) is 35.8. The standard InChI is InChI=1S/C39H30N4/c1-2-3-17-34(40)27-19-21-28(22-20-27)35-26-36(42-39(41-35)29-12-6-4-7-13-29)30-23-24-38-33(25-30)32-16-10-11-18-37(32)43(38)31-14-8-5-9-15-31/h2-3,5-6,8-26,40H,1,4,7H2/b17-3-,40-34?. The van der Waals surface area contributed by atoms with Gasteiger partial charge < -0.3 is 9.98 Å². The van der Waals surface area contributed by atoms with Crippen molar-refractivity contribution < 1.29 is 0 Å². The van der Waals surface area contributed by atoms with Crippen molar-refractivity contribution in [3.8, 4) is 28.2 Å². The van der Waals surface area contributed by atoms with Gasteiger partial charge in [-0.25, -0.2) is 9.97 Å². The van der Waals surface area contributed by atoms with Gasteiger partial charge in [0.2, 0.25) is 0 Å². The molecule has 43 heavy (non-hydrogen) atoms. The van der Waals surface area contributed by atoms with E-state index >= 15 is 0 Å². The molecule has 0 atom stereocenters. The van der Waals surface area contributed by atoms with E-state index in [2.05, 4.69) is 102 Å². The summed E-state index contributed by atoms with van der Waals surface area (Å²) in [4.78, 5) is 10.1. The number of allylic oxidation sites excluding steroid dienone is 7. The maximum Gasteiger partial charge on any atom is 0.160 e. The molecule has 0 saturated heterocycles. The monoisotopic (exact) mass is 554 g/mol. The molecule has 1 aliphatic rings. The van der Waals surface area contributed by atoms with Crippen LogP contribution in [0.1, 0.15) is 24.2 Å². The van der Waals surface area contributed by atoms with Crippen molar-refractivity contribution in [2.75, 3.05) is 0 Å². The number of benzene rings is 4. The van der Waals surface area contributed by atoms with Crippen molar-refractivity contribution in [1.82, 2.24) is 14.5 Å². The molecule has 206 valence electrons. The lowest BCUT2D eigenvalue weighted by molar-refractivity contribution is 1.03. The summed E-state index contributed by atoms with van der Waals surface area (Å²) in [7, 11) is 0. The van der Waals surface area contributed by atoms with Gasteiger partial charge in [-0.2, -0.15) is 0 Å². The maximum absolute atomic E-state index is 8.33. The van der Waals surface area contributed by atoms with Crippen LogP contribution >= 0.6 is 0 Å². The molecule has 0 spiro atoms. The van der Waals surface area contributed by atoms with Crippen LogP contribution in [0.2, 0.25) is 0 Å². The van der Waals surface area contributed by atoms with Gasteiger partial charge in [-0.3, -0.25) is 0 Å². The highest BCUT2D eigenvalue weighted by Crippen LogP contribution is 2.35. The summed E-state index contributed by atoms with van der Waals surface area (Å²) in [5.74, 6) is 0.723. The molecule has 0 fully saturated rings. The molecule has 4 aromatic carbocycles. The van der Waals surface area contributed by atoms with Gasteiger partial charge in [-0.05, 0) is 60.9 Å². The quantitative estimate of drug-likeness (QED) is 0.158. The van der Waals surface area contributed by atoms with Crippen LogP contribution in [-0.2, 0) is 0 Å². The third-order valence-corrected chi connectivity index (χ3v) is 7.85. The number of fused-ring (bicyclic) bond motifs is 3. The second-order valence-corrected chi connectivity index (χ2v) is 10.6. The maximum atomic E-state index is 8.33. The Kier molecular flexibility index (Phi) is 6.94. The number of aromatic nitrogens is 3. The summed E-state index contributed by atoms with van der Waals surface area (Å²) in [5.41, 5.74) is 9.56. The Hall–Kier alpha value is -5.61. The molecule has 7 rings (SSSR count). The van der Waals surface area contributed by atoms with E-state index in [1.807, 2.05) is 30.3 Å². The van der Waals surface area contributed by atoms with Gasteiger partial charge >= 0.3 is 0 Å². The molecule has 0 amide bonds. The Morgan fingerprint density at radius 1 is 0.744 bits per heavy atom. The van der Waals surface area contributed by atoms with E-state index < -0.39 is 0 Å². The van der Waals surface area contributed by atoms with Crippen molar-refractivity contribution in [3.63, 3.8) is 0 Å². The van der Waals surface area contributed by atoms with E-state index in [9.17, 15) is 0 Å². The Labute approximate surface area is 251 Å². The average Bonchev–Trinajstić information content (AvgIpc) is 3.41. The van der Waals surface area contributed by atoms with Crippen molar-refractivity contribution >= 4 is 33.1 Å². The molecular weight excluding hydrogens is 524 g/mol. The van der Waals surface area contributed by atoms with E-state index in [1.165, 1.54) is 16.3 Å². The third-order valence-electron chi connectivity index (χ3n) is 7.85. The molecule has 4 heteroatoms. The molecule has 1 N–H and O–H groups in total. The largest absolute Gasteiger partial charge is 0.309 e. The van der Waals surface area contributed by atoms with E-state index in [-0.39, 0.29) is 0 Å². The SMILES string of the molecule is C=C/C=C\C(=N)c1ccc(-c2cc(-c3ccc4c(c3)c3ccccc3n4-c3ccccc3)nc(C3=CCCC=C3)n2)cc1. The van der Waals surface area contributed by atoms with Gasteiger partial charge in [0.05, 0.1) is 28.1 Å². The van der Waals surface area contributed by atoms with E-state index in [0.717, 1.165) is 63.5 Å². The average molecular weight is 555 g/mol. The zero-order valence-electron chi connectivity index (χ0n) is 23.7. The molecule has 2 heterocycles. The summed E-state index contributed by atoms with van der Waals surface area (Å²) >= 11 is 0. The van der Waals surface area contributed by atoms with Gasteiger partial charge in [0.1, 0.15) is 0 Å². The number of nitrogens with one attached hydrogen (secondary N) is 1. The smallest absolute Gasteiger partial charge is 0.160 e. The molecule has 0 unspecified atom stereocenters. The summed E-state index contributed by atoms with van der Waals surface area (Å²) < 4.78 is 2.33. The van der Waals surface area contributed by atoms with E-state index in [4.69, 9.17) is 15.4 Å². The fourth-order valence-corrected chi connectivity index (χ4v) is 5.72. The molecule has 1 aliphatic carbocycles. The van der Waals surface area contributed by atoms with Crippen molar-refractivity contribution in [1.29, 1.82) is 5.41 Å². The van der Waals surface area contributed by atoms with Gasteiger partial charge in [0.25, 0.3) is 0 Å². The first kappa shape index (κ1) is 26.3. The van der Waals surface area contributed by atoms with Crippen LogP contribution in [0.15, 0.2) is 146 Å². The Morgan fingerprint density at radius 3 is 2.23 bits per heavy atom. The minimum Gasteiger partial charge on any atom is -0.309 e. The molecule has 2 aromatic heterocycles. The second kappa shape index (κ2) is 11.3. The first-order valence-electron chi connectivity index (χ1n) is 14.5. The van der Waals surface area contributed by atoms with Gasteiger partial charge in [0.15, 0.2) is 5.82 Å². The summed E-state index contributed by atoms with van der Waals surface area (Å²) in [5, 5.41) is 10.7. The Balaban J connectivity index is 1.38. The number of hydrogen-bond acceptors (Lipinski definition) is 3. The summed E-state index contributed by atoms with van der Waals surface area (Å²) in [6.45, 7) is 3.70. The van der Waals surface area contributed by atoms with Crippen molar-refractivity contribution in [3.05, 3.63) is 158 Å². The zero-order valence-corrected chi connectivity index (χ0v) is 23.7. The Morgan fingerprint density at radius 2 is 1.47 bits per heavy atom. The predicted octanol–water partition coefficient (Wildman–Crippen LogP) is 9.75. The minimum absolute atomic E-state index is 0.441. The molecule has 6 aromatic rings. The fraction of sp³-hybridized carbons (Fsp3) is 0.0513. The molecule has 0 radical (unpaired) electrons. The van der Waals surface area contributed by atoms with Gasteiger partial charge in [-0.15, -0.1) is 0 Å². The Bertz CT molecular complexity index is 2090. The number of nitrogens with zero attached hydrogens (tertiary/aromatic N) is 3. The lowest BCUT2D eigenvalue weighted by Crippen LogP contribution is -2.00. The molecule has 0 aliphatic heterocycles. The molecule has 4 nitrogen and oxygen atoms in total. The van der Waals surface area contributed by atoms with Crippen LogP contribution in [0, 0.1) is 5.41 Å². The minimum atomic E-state index is 0.441. The van der Waals surface area contributed by atoms with Crippen LogP contribution < -0.4 is 0 Å². The van der Waals surface area contributed by atoms with Crippen LogP contribution in [0.4, 0.5) is 0 Å². The number of rotatable bonds is 7. The van der Waals surface area contributed by atoms with Gasteiger partial charge in [-0.1, -0.05) is 104 Å². The lowest BCUT2D eigenvalue weighted by atomic mass is 10.0. The van der Waals surface area contributed by atoms with Crippen LogP contribution in [-0.4, -0.2) is 20.2 Å². The topological polar surface area (TPSA) is 54.6 Å². The number of hydrogen-bond donors (Lipinski definition) is 1. The van der Waals surface area contributed by atoms with Crippen LogP contribution in [0.25, 0.3) is 55.6 Å². The van der Waals surface area contributed by atoms with E-state index in [1.54, 1.807) is 18.2 Å². The fourth-order valence-electron chi connectivity index (χ4n) is 5.72. The van der Waals surface area contributed by atoms with E-state index in [0.29, 0.717) is 5.71 Å². The highest BCUT2D eigenvalue weighted by Gasteiger charge is 2.16. The summed E-state index contributed by atoms with van der Waals surface area (Å²) in [6.07, 6.45) is 13.7. The first-order chi connectivity index (χ1) is 21.2. The van der Waals surface area contributed by atoms with Crippen molar-refractivity contribution in [2.24, 2.45) is 0 Å². The van der Waals surface area contributed by atoms with Gasteiger partial charge in [0, 0.05) is 33.2 Å². The van der Waals surface area contributed by atoms with Crippen LogP contribution in [0.3, 0.4) is 0 Å². The molecular formula is C39H30N4.